The van der Waals surface area contributed by atoms with Gasteiger partial charge in [-0.2, -0.15) is 0 Å². The van der Waals surface area contributed by atoms with E-state index >= 15 is 0 Å². The van der Waals surface area contributed by atoms with Crippen LogP contribution in [0.15, 0.2) is 65.6 Å². The Labute approximate surface area is 202 Å². The maximum atomic E-state index is 12.8. The van der Waals surface area contributed by atoms with E-state index in [1.807, 2.05) is 12.1 Å². The Kier molecular flexibility index (Phi) is 8.64. The van der Waals surface area contributed by atoms with E-state index in [2.05, 4.69) is 10.6 Å². The molecule has 0 aliphatic carbocycles. The fraction of sp³-hybridized carbons (Fsp3) is 0.200. The molecule has 3 rings (SSSR count). The second-order valence-corrected chi connectivity index (χ2v) is 7.97. The molecule has 3 aromatic rings. The first-order valence-corrected chi connectivity index (χ1v) is 11.2. The molecule has 2 N–H and O–H groups in total. The lowest BCUT2D eigenvalue weighted by Gasteiger charge is -2.13. The SMILES string of the molecule is COc1ccc(NC(=O)CSc2ccc(NC(=O)c3c(OC)cccc3OC)cc2)c(OC)c1. The molecule has 0 aliphatic rings. The van der Waals surface area contributed by atoms with Crippen molar-refractivity contribution >= 4 is 35.0 Å². The van der Waals surface area contributed by atoms with Crippen molar-refractivity contribution in [3.63, 3.8) is 0 Å². The summed E-state index contributed by atoms with van der Waals surface area (Å²) in [4.78, 5) is 26.1. The Balaban J connectivity index is 1.58. The zero-order chi connectivity index (χ0) is 24.5. The van der Waals surface area contributed by atoms with Gasteiger partial charge in [-0.15, -0.1) is 11.8 Å². The van der Waals surface area contributed by atoms with E-state index in [1.165, 1.54) is 33.1 Å². The number of hydrogen-bond donors (Lipinski definition) is 2. The lowest BCUT2D eigenvalue weighted by atomic mass is 10.1. The van der Waals surface area contributed by atoms with Gasteiger partial charge < -0.3 is 29.6 Å². The summed E-state index contributed by atoms with van der Waals surface area (Å²) in [5.41, 5.74) is 1.49. The molecule has 0 radical (unpaired) electrons. The molecule has 34 heavy (non-hydrogen) atoms. The van der Waals surface area contributed by atoms with E-state index in [-0.39, 0.29) is 17.6 Å². The second kappa shape index (κ2) is 11.9. The highest BCUT2D eigenvalue weighted by Gasteiger charge is 2.18. The summed E-state index contributed by atoms with van der Waals surface area (Å²) in [6.07, 6.45) is 0. The lowest BCUT2D eigenvalue weighted by molar-refractivity contribution is -0.113. The highest BCUT2D eigenvalue weighted by molar-refractivity contribution is 8.00. The average molecular weight is 483 g/mol. The zero-order valence-electron chi connectivity index (χ0n) is 19.3. The molecule has 3 aromatic carbocycles. The molecule has 0 aliphatic heterocycles. The smallest absolute Gasteiger partial charge is 0.263 e. The van der Waals surface area contributed by atoms with Gasteiger partial charge in [0.1, 0.15) is 28.6 Å². The highest BCUT2D eigenvalue weighted by Crippen LogP contribution is 2.31. The summed E-state index contributed by atoms with van der Waals surface area (Å²) >= 11 is 1.37. The van der Waals surface area contributed by atoms with Crippen LogP contribution in [0.25, 0.3) is 0 Å². The molecular formula is C25H26N2O6S. The van der Waals surface area contributed by atoms with Gasteiger partial charge in [-0.05, 0) is 48.5 Å². The van der Waals surface area contributed by atoms with Crippen LogP contribution in [-0.2, 0) is 4.79 Å². The minimum atomic E-state index is -0.345. The maximum Gasteiger partial charge on any atom is 0.263 e. The number of anilines is 2. The number of hydrogen-bond acceptors (Lipinski definition) is 7. The fourth-order valence-electron chi connectivity index (χ4n) is 3.14. The molecule has 0 aromatic heterocycles. The van der Waals surface area contributed by atoms with Crippen molar-refractivity contribution < 1.29 is 28.5 Å². The Morgan fingerprint density at radius 2 is 1.41 bits per heavy atom. The van der Waals surface area contributed by atoms with Crippen LogP contribution in [-0.4, -0.2) is 46.0 Å². The van der Waals surface area contributed by atoms with Gasteiger partial charge in [-0.3, -0.25) is 9.59 Å². The van der Waals surface area contributed by atoms with Crippen molar-refractivity contribution in [3.05, 3.63) is 66.2 Å². The number of amides is 2. The number of rotatable bonds is 10. The van der Waals surface area contributed by atoms with Crippen LogP contribution in [0, 0.1) is 0 Å². The van der Waals surface area contributed by atoms with Gasteiger partial charge in [0.15, 0.2) is 0 Å². The molecular weight excluding hydrogens is 456 g/mol. The number of thioether (sulfide) groups is 1. The Hall–Kier alpha value is -3.85. The Morgan fingerprint density at radius 1 is 0.765 bits per heavy atom. The summed E-state index contributed by atoms with van der Waals surface area (Å²) < 4.78 is 21.1. The number of methoxy groups -OCH3 is 4. The third kappa shape index (κ3) is 6.14. The molecule has 9 heteroatoms. The predicted molar refractivity (Wildman–Crippen MR) is 133 cm³/mol. The fourth-order valence-corrected chi connectivity index (χ4v) is 3.84. The predicted octanol–water partition coefficient (Wildman–Crippen LogP) is 4.70. The molecule has 0 saturated carbocycles. The van der Waals surface area contributed by atoms with Crippen molar-refractivity contribution in [2.45, 2.75) is 4.90 Å². The number of carbonyl (C=O) groups excluding carboxylic acids is 2. The van der Waals surface area contributed by atoms with Crippen LogP contribution in [0.3, 0.4) is 0 Å². The topological polar surface area (TPSA) is 95.1 Å². The Morgan fingerprint density at radius 3 is 2.00 bits per heavy atom. The molecule has 0 bridgehead atoms. The highest BCUT2D eigenvalue weighted by atomic mass is 32.2. The molecule has 0 saturated heterocycles. The first-order chi connectivity index (χ1) is 16.5. The van der Waals surface area contributed by atoms with Crippen molar-refractivity contribution in [1.82, 2.24) is 0 Å². The summed E-state index contributed by atoms with van der Waals surface area (Å²) in [6, 6.07) is 17.5. The van der Waals surface area contributed by atoms with Crippen LogP contribution >= 0.6 is 11.8 Å². The van der Waals surface area contributed by atoms with E-state index in [0.717, 1.165) is 4.90 Å². The van der Waals surface area contributed by atoms with Crippen LogP contribution in [0.5, 0.6) is 23.0 Å². The third-order valence-electron chi connectivity index (χ3n) is 4.82. The van der Waals surface area contributed by atoms with Crippen molar-refractivity contribution in [2.75, 3.05) is 44.8 Å². The molecule has 0 spiro atoms. The van der Waals surface area contributed by atoms with Gasteiger partial charge in [-0.1, -0.05) is 6.07 Å². The van der Waals surface area contributed by atoms with Crippen molar-refractivity contribution in [1.29, 1.82) is 0 Å². The molecule has 8 nitrogen and oxygen atoms in total. The molecule has 0 heterocycles. The second-order valence-electron chi connectivity index (χ2n) is 6.92. The van der Waals surface area contributed by atoms with Crippen LogP contribution in [0.2, 0.25) is 0 Å². The minimum Gasteiger partial charge on any atom is -0.497 e. The van der Waals surface area contributed by atoms with Crippen molar-refractivity contribution in [3.8, 4) is 23.0 Å². The van der Waals surface area contributed by atoms with Gasteiger partial charge in [0, 0.05) is 16.6 Å². The normalized spacial score (nSPS) is 10.2. The zero-order valence-corrected chi connectivity index (χ0v) is 20.2. The molecule has 178 valence electrons. The maximum absolute atomic E-state index is 12.8. The van der Waals surface area contributed by atoms with Crippen LogP contribution in [0.1, 0.15) is 10.4 Å². The summed E-state index contributed by atoms with van der Waals surface area (Å²) in [6.45, 7) is 0. The summed E-state index contributed by atoms with van der Waals surface area (Å²) in [5.74, 6) is 1.69. The molecule has 2 amide bonds. The largest absolute Gasteiger partial charge is 0.497 e. The van der Waals surface area contributed by atoms with E-state index < -0.39 is 0 Å². The Bertz CT molecular complexity index is 1130. The number of benzene rings is 3. The van der Waals surface area contributed by atoms with Gasteiger partial charge in [-0.25, -0.2) is 0 Å². The first-order valence-electron chi connectivity index (χ1n) is 10.3. The standard InChI is InChI=1S/C25H26N2O6S/c1-30-17-10-13-19(22(14-17)33-4)27-23(28)15-34-18-11-8-16(9-12-18)26-25(29)24-20(31-2)6-5-7-21(24)32-3/h5-14H,15H2,1-4H3,(H,26,29)(H,27,28). The minimum absolute atomic E-state index is 0.172. The van der Waals surface area contributed by atoms with Gasteiger partial charge in [0.2, 0.25) is 5.91 Å². The van der Waals surface area contributed by atoms with Crippen LogP contribution in [0.4, 0.5) is 11.4 Å². The number of ether oxygens (including phenoxy) is 4. The third-order valence-corrected chi connectivity index (χ3v) is 5.83. The summed E-state index contributed by atoms with van der Waals surface area (Å²) in [5, 5.41) is 5.68. The van der Waals surface area contributed by atoms with Gasteiger partial charge in [0.05, 0.1) is 39.9 Å². The monoisotopic (exact) mass is 482 g/mol. The van der Waals surface area contributed by atoms with E-state index in [4.69, 9.17) is 18.9 Å². The molecule has 0 unspecified atom stereocenters. The lowest BCUT2D eigenvalue weighted by Crippen LogP contribution is -2.15. The number of carbonyl (C=O) groups is 2. The van der Waals surface area contributed by atoms with Crippen molar-refractivity contribution in [2.24, 2.45) is 0 Å². The molecule has 0 atom stereocenters. The van der Waals surface area contributed by atoms with E-state index in [0.29, 0.717) is 39.9 Å². The first kappa shape index (κ1) is 24.8. The van der Waals surface area contributed by atoms with E-state index in [9.17, 15) is 9.59 Å². The average Bonchev–Trinajstić information content (AvgIpc) is 2.87. The van der Waals surface area contributed by atoms with E-state index in [1.54, 1.807) is 55.6 Å². The number of nitrogens with one attached hydrogen (secondary N) is 2. The molecule has 0 fully saturated rings. The van der Waals surface area contributed by atoms with Crippen LogP contribution < -0.4 is 29.6 Å². The van der Waals surface area contributed by atoms with Gasteiger partial charge >= 0.3 is 0 Å². The quantitative estimate of drug-likeness (QED) is 0.404. The summed E-state index contributed by atoms with van der Waals surface area (Å²) in [7, 11) is 6.09. The van der Waals surface area contributed by atoms with Gasteiger partial charge in [0.25, 0.3) is 5.91 Å².